The summed E-state index contributed by atoms with van der Waals surface area (Å²) in [5.41, 5.74) is 1.93. The SMILES string of the molecule is Cc1cc(S(=O)(=O)O)cnc1-c1ccccc1Cl. The molecule has 0 bridgehead atoms. The van der Waals surface area contributed by atoms with Crippen LogP contribution in [0.5, 0.6) is 0 Å². The summed E-state index contributed by atoms with van der Waals surface area (Å²) in [5.74, 6) is 0. The zero-order valence-corrected chi connectivity index (χ0v) is 11.0. The van der Waals surface area contributed by atoms with Crippen LogP contribution in [0.3, 0.4) is 0 Å². The van der Waals surface area contributed by atoms with Gasteiger partial charge in [0.15, 0.2) is 0 Å². The molecule has 0 radical (unpaired) electrons. The van der Waals surface area contributed by atoms with Crippen molar-refractivity contribution < 1.29 is 13.0 Å². The summed E-state index contributed by atoms with van der Waals surface area (Å²) < 4.78 is 30.9. The highest BCUT2D eigenvalue weighted by Crippen LogP contribution is 2.29. The fourth-order valence-electron chi connectivity index (χ4n) is 1.63. The lowest BCUT2D eigenvalue weighted by Gasteiger charge is -2.07. The Bertz CT molecular complexity index is 698. The fraction of sp³-hybridized carbons (Fsp3) is 0.0833. The molecule has 94 valence electrons. The maximum Gasteiger partial charge on any atom is 0.296 e. The quantitative estimate of drug-likeness (QED) is 0.861. The van der Waals surface area contributed by atoms with Crippen molar-refractivity contribution >= 4 is 21.7 Å². The Kier molecular flexibility index (Phi) is 3.38. The summed E-state index contributed by atoms with van der Waals surface area (Å²) >= 11 is 6.05. The minimum absolute atomic E-state index is 0.226. The molecule has 0 fully saturated rings. The van der Waals surface area contributed by atoms with Crippen LogP contribution < -0.4 is 0 Å². The number of pyridine rings is 1. The molecule has 1 aromatic heterocycles. The molecule has 1 N–H and O–H groups in total. The highest BCUT2D eigenvalue weighted by Gasteiger charge is 2.14. The largest absolute Gasteiger partial charge is 0.296 e. The number of hydrogen-bond acceptors (Lipinski definition) is 3. The third kappa shape index (κ3) is 2.53. The maximum atomic E-state index is 11.0. The molecule has 0 aliphatic heterocycles. The summed E-state index contributed by atoms with van der Waals surface area (Å²) in [6.45, 7) is 1.71. The van der Waals surface area contributed by atoms with Gasteiger partial charge in [-0.25, -0.2) is 0 Å². The third-order valence-electron chi connectivity index (χ3n) is 2.48. The Hall–Kier alpha value is -1.43. The van der Waals surface area contributed by atoms with Crippen LogP contribution in [0.2, 0.25) is 5.02 Å². The lowest BCUT2D eigenvalue weighted by atomic mass is 10.1. The average molecular weight is 284 g/mol. The van der Waals surface area contributed by atoms with Gasteiger partial charge >= 0.3 is 0 Å². The average Bonchev–Trinajstić information content (AvgIpc) is 2.29. The molecule has 6 heteroatoms. The molecule has 2 rings (SSSR count). The lowest BCUT2D eigenvalue weighted by Crippen LogP contribution is -2.00. The summed E-state index contributed by atoms with van der Waals surface area (Å²) in [6.07, 6.45) is 1.11. The first-order valence-electron chi connectivity index (χ1n) is 5.08. The second-order valence-electron chi connectivity index (χ2n) is 3.79. The van der Waals surface area contributed by atoms with E-state index in [9.17, 15) is 8.42 Å². The van der Waals surface area contributed by atoms with Gasteiger partial charge in [-0.15, -0.1) is 0 Å². The van der Waals surface area contributed by atoms with E-state index >= 15 is 0 Å². The van der Waals surface area contributed by atoms with Gasteiger partial charge in [0, 0.05) is 16.8 Å². The van der Waals surface area contributed by atoms with Crippen molar-refractivity contribution in [1.29, 1.82) is 0 Å². The van der Waals surface area contributed by atoms with Crippen molar-refractivity contribution in [3.05, 3.63) is 47.1 Å². The van der Waals surface area contributed by atoms with Crippen LogP contribution in [0.1, 0.15) is 5.56 Å². The zero-order chi connectivity index (χ0) is 13.3. The van der Waals surface area contributed by atoms with Crippen molar-refractivity contribution in [1.82, 2.24) is 4.98 Å². The Morgan fingerprint density at radius 1 is 1.28 bits per heavy atom. The Morgan fingerprint density at radius 3 is 2.50 bits per heavy atom. The molecule has 2 aromatic rings. The van der Waals surface area contributed by atoms with Gasteiger partial charge in [0.2, 0.25) is 0 Å². The standard InChI is InChI=1S/C12H10ClNO3S/c1-8-6-9(18(15,16)17)7-14-12(8)10-4-2-3-5-11(10)13/h2-7H,1H3,(H,15,16,17). The van der Waals surface area contributed by atoms with Gasteiger partial charge < -0.3 is 0 Å². The number of aryl methyl sites for hydroxylation is 1. The van der Waals surface area contributed by atoms with Crippen LogP contribution in [-0.2, 0) is 10.1 Å². The number of aromatic nitrogens is 1. The van der Waals surface area contributed by atoms with Gasteiger partial charge in [0.05, 0.1) is 5.69 Å². The van der Waals surface area contributed by atoms with Crippen molar-refractivity contribution in [2.24, 2.45) is 0 Å². The van der Waals surface area contributed by atoms with Crippen molar-refractivity contribution in [3.63, 3.8) is 0 Å². The molecule has 0 spiro atoms. The number of benzene rings is 1. The van der Waals surface area contributed by atoms with E-state index in [1.165, 1.54) is 6.07 Å². The molecule has 0 saturated carbocycles. The molecule has 1 heterocycles. The number of halogens is 1. The first-order chi connectivity index (χ1) is 8.39. The van der Waals surface area contributed by atoms with Crippen LogP contribution in [0, 0.1) is 6.92 Å². The third-order valence-corrected chi connectivity index (χ3v) is 3.63. The number of hydrogen-bond donors (Lipinski definition) is 1. The van der Waals surface area contributed by atoms with E-state index in [1.807, 2.05) is 6.07 Å². The highest BCUT2D eigenvalue weighted by atomic mass is 35.5. The van der Waals surface area contributed by atoms with Gasteiger partial charge in [0.1, 0.15) is 4.90 Å². The zero-order valence-electron chi connectivity index (χ0n) is 9.46. The molecular formula is C12H10ClNO3S. The van der Waals surface area contributed by atoms with E-state index in [0.717, 1.165) is 11.8 Å². The minimum Gasteiger partial charge on any atom is -0.282 e. The van der Waals surface area contributed by atoms with Crippen LogP contribution in [0.25, 0.3) is 11.3 Å². The van der Waals surface area contributed by atoms with E-state index < -0.39 is 10.1 Å². The molecule has 1 aromatic carbocycles. The predicted molar refractivity (Wildman–Crippen MR) is 69.2 cm³/mol. The summed E-state index contributed by atoms with van der Waals surface area (Å²) in [4.78, 5) is 3.83. The summed E-state index contributed by atoms with van der Waals surface area (Å²) in [7, 11) is -4.23. The Labute approximate surface area is 110 Å². The van der Waals surface area contributed by atoms with Gasteiger partial charge in [-0.2, -0.15) is 8.42 Å². The lowest BCUT2D eigenvalue weighted by molar-refractivity contribution is 0.482. The van der Waals surface area contributed by atoms with E-state index in [-0.39, 0.29) is 4.90 Å². The molecule has 0 atom stereocenters. The number of nitrogens with zero attached hydrogens (tertiary/aromatic N) is 1. The van der Waals surface area contributed by atoms with Gasteiger partial charge in [0.25, 0.3) is 10.1 Å². The monoisotopic (exact) mass is 283 g/mol. The topological polar surface area (TPSA) is 67.3 Å². The Balaban J connectivity index is 2.59. The Morgan fingerprint density at radius 2 is 1.94 bits per heavy atom. The fourth-order valence-corrected chi connectivity index (χ4v) is 2.36. The first kappa shape index (κ1) is 13.0. The van der Waals surface area contributed by atoms with Crippen LogP contribution in [-0.4, -0.2) is 18.0 Å². The van der Waals surface area contributed by atoms with E-state index in [0.29, 0.717) is 16.3 Å². The minimum atomic E-state index is -4.23. The molecule has 18 heavy (non-hydrogen) atoms. The molecular weight excluding hydrogens is 274 g/mol. The van der Waals surface area contributed by atoms with Gasteiger partial charge in [-0.3, -0.25) is 9.54 Å². The highest BCUT2D eigenvalue weighted by molar-refractivity contribution is 7.85. The maximum absolute atomic E-state index is 11.0. The second kappa shape index (κ2) is 4.68. The summed E-state index contributed by atoms with van der Waals surface area (Å²) in [6, 6.07) is 8.51. The molecule has 0 aliphatic carbocycles. The van der Waals surface area contributed by atoms with Crippen molar-refractivity contribution in [2.75, 3.05) is 0 Å². The smallest absolute Gasteiger partial charge is 0.282 e. The van der Waals surface area contributed by atoms with E-state index in [2.05, 4.69) is 4.98 Å². The summed E-state index contributed by atoms with van der Waals surface area (Å²) in [5, 5.41) is 0.535. The first-order valence-corrected chi connectivity index (χ1v) is 6.90. The van der Waals surface area contributed by atoms with Crippen LogP contribution in [0.4, 0.5) is 0 Å². The van der Waals surface area contributed by atoms with Crippen LogP contribution >= 0.6 is 11.6 Å². The second-order valence-corrected chi connectivity index (χ2v) is 5.62. The normalized spacial score (nSPS) is 11.5. The van der Waals surface area contributed by atoms with Crippen molar-refractivity contribution in [3.8, 4) is 11.3 Å². The van der Waals surface area contributed by atoms with Crippen LogP contribution in [0.15, 0.2) is 41.4 Å². The predicted octanol–water partition coefficient (Wildman–Crippen LogP) is 2.96. The molecule has 0 aliphatic rings. The number of rotatable bonds is 2. The van der Waals surface area contributed by atoms with E-state index in [4.69, 9.17) is 16.2 Å². The molecule has 0 amide bonds. The molecule has 0 unspecified atom stereocenters. The van der Waals surface area contributed by atoms with E-state index in [1.54, 1.807) is 25.1 Å². The van der Waals surface area contributed by atoms with Crippen molar-refractivity contribution in [2.45, 2.75) is 11.8 Å². The van der Waals surface area contributed by atoms with Gasteiger partial charge in [-0.1, -0.05) is 29.8 Å². The van der Waals surface area contributed by atoms with Gasteiger partial charge in [-0.05, 0) is 24.6 Å². The molecule has 0 saturated heterocycles. The molecule has 4 nitrogen and oxygen atoms in total.